The molecule has 2 heteroatoms. The molecule has 0 aromatic heterocycles. The first kappa shape index (κ1) is 15.4. The molecule has 2 nitrogen and oxygen atoms in total. The third-order valence-electron chi connectivity index (χ3n) is 4.94. The summed E-state index contributed by atoms with van der Waals surface area (Å²) in [6.07, 6.45) is 9.08. The van der Waals surface area contributed by atoms with Crippen molar-refractivity contribution in [1.82, 2.24) is 0 Å². The van der Waals surface area contributed by atoms with Gasteiger partial charge < -0.3 is 10.5 Å². The second-order valence-corrected chi connectivity index (χ2v) is 6.35. The molecule has 2 rings (SSSR count). The van der Waals surface area contributed by atoms with Crippen molar-refractivity contribution in [2.75, 3.05) is 13.2 Å². The highest BCUT2D eigenvalue weighted by Gasteiger charge is 2.33. The monoisotopic (exact) mass is 275 g/mol. The van der Waals surface area contributed by atoms with Gasteiger partial charge in [-0.2, -0.15) is 0 Å². The first-order valence-corrected chi connectivity index (χ1v) is 8.16. The summed E-state index contributed by atoms with van der Waals surface area (Å²) in [6, 6.07) is 10.1. The lowest BCUT2D eigenvalue weighted by Crippen LogP contribution is -2.36. The summed E-state index contributed by atoms with van der Waals surface area (Å²) >= 11 is 0. The molecule has 20 heavy (non-hydrogen) atoms. The molecule has 0 unspecified atom stereocenters. The predicted octanol–water partition coefficient (Wildman–Crippen LogP) is 4.39. The first-order valence-electron chi connectivity index (χ1n) is 8.16. The Hall–Kier alpha value is -1.02. The lowest BCUT2D eigenvalue weighted by atomic mass is 9.68. The van der Waals surface area contributed by atoms with Crippen LogP contribution in [-0.2, 0) is 0 Å². The summed E-state index contributed by atoms with van der Waals surface area (Å²) in [7, 11) is 0. The summed E-state index contributed by atoms with van der Waals surface area (Å²) in [5, 5.41) is 0. The number of ether oxygens (including phenoxy) is 1. The van der Waals surface area contributed by atoms with E-state index in [0.717, 1.165) is 31.2 Å². The normalized spacial score (nSPS) is 26.4. The number of hydrogen-bond acceptors (Lipinski definition) is 2. The minimum absolute atomic E-state index is 0.332. The molecule has 0 aliphatic heterocycles. The molecule has 0 spiro atoms. The Morgan fingerprint density at radius 1 is 1.20 bits per heavy atom. The molecule has 0 bridgehead atoms. The molecule has 0 saturated heterocycles. The van der Waals surface area contributed by atoms with Gasteiger partial charge in [-0.3, -0.25) is 0 Å². The maximum Gasteiger partial charge on any atom is 0.119 e. The van der Waals surface area contributed by atoms with Gasteiger partial charge in [-0.25, -0.2) is 0 Å². The predicted molar refractivity (Wildman–Crippen MR) is 84.9 cm³/mol. The second kappa shape index (κ2) is 7.68. The van der Waals surface area contributed by atoms with Crippen molar-refractivity contribution in [1.29, 1.82) is 0 Å². The topological polar surface area (TPSA) is 35.2 Å². The van der Waals surface area contributed by atoms with Crippen LogP contribution in [0.15, 0.2) is 30.3 Å². The number of hydrogen-bond donors (Lipinski definition) is 1. The Bertz CT molecular complexity index is 368. The largest absolute Gasteiger partial charge is 0.494 e. The van der Waals surface area contributed by atoms with Crippen LogP contribution in [-0.4, -0.2) is 13.2 Å². The fraction of sp³-hybridized carbons (Fsp3) is 0.667. The average Bonchev–Trinajstić information content (AvgIpc) is 2.51. The Balaban J connectivity index is 1.78. The van der Waals surface area contributed by atoms with Crippen molar-refractivity contribution in [3.05, 3.63) is 30.3 Å². The van der Waals surface area contributed by atoms with Crippen molar-refractivity contribution in [3.8, 4) is 5.75 Å². The fourth-order valence-electron chi connectivity index (χ4n) is 3.45. The van der Waals surface area contributed by atoms with Crippen LogP contribution in [0.2, 0.25) is 0 Å². The Morgan fingerprint density at radius 2 is 1.90 bits per heavy atom. The van der Waals surface area contributed by atoms with Crippen LogP contribution < -0.4 is 10.5 Å². The zero-order chi connectivity index (χ0) is 14.3. The van der Waals surface area contributed by atoms with Gasteiger partial charge in [0.2, 0.25) is 0 Å². The lowest BCUT2D eigenvalue weighted by Gasteiger charge is -2.39. The summed E-state index contributed by atoms with van der Waals surface area (Å²) in [6.45, 7) is 3.89. The third kappa shape index (κ3) is 4.24. The van der Waals surface area contributed by atoms with Gasteiger partial charge in [0, 0.05) is 0 Å². The van der Waals surface area contributed by atoms with Gasteiger partial charge in [0.15, 0.2) is 0 Å². The quantitative estimate of drug-likeness (QED) is 0.801. The molecule has 112 valence electrons. The van der Waals surface area contributed by atoms with Crippen molar-refractivity contribution >= 4 is 0 Å². The third-order valence-corrected chi connectivity index (χ3v) is 4.94. The van der Waals surface area contributed by atoms with Gasteiger partial charge in [0.05, 0.1) is 6.61 Å². The van der Waals surface area contributed by atoms with Crippen LogP contribution in [0.5, 0.6) is 5.75 Å². The van der Waals surface area contributed by atoms with Gasteiger partial charge in [0.1, 0.15) is 5.75 Å². The van der Waals surface area contributed by atoms with E-state index in [2.05, 4.69) is 6.92 Å². The van der Waals surface area contributed by atoms with Crippen LogP contribution in [0.25, 0.3) is 0 Å². The molecule has 1 aromatic rings. The highest BCUT2D eigenvalue weighted by Crippen LogP contribution is 2.42. The van der Waals surface area contributed by atoms with E-state index >= 15 is 0 Å². The van der Waals surface area contributed by atoms with Gasteiger partial charge in [-0.15, -0.1) is 0 Å². The van der Waals surface area contributed by atoms with Crippen LogP contribution in [0.3, 0.4) is 0 Å². The molecule has 0 amide bonds. The summed E-state index contributed by atoms with van der Waals surface area (Å²) in [5.74, 6) is 1.91. The highest BCUT2D eigenvalue weighted by atomic mass is 16.5. The summed E-state index contributed by atoms with van der Waals surface area (Å²) in [4.78, 5) is 0. The zero-order valence-electron chi connectivity index (χ0n) is 12.8. The van der Waals surface area contributed by atoms with Crippen LogP contribution in [0, 0.1) is 11.3 Å². The van der Waals surface area contributed by atoms with Crippen molar-refractivity contribution in [2.24, 2.45) is 17.1 Å². The van der Waals surface area contributed by atoms with Gasteiger partial charge >= 0.3 is 0 Å². The number of para-hydroxylation sites is 1. The SMILES string of the molecule is CCCC1CCC(CN)(CCOc2ccccc2)CC1. The van der Waals surface area contributed by atoms with Crippen molar-refractivity contribution in [3.63, 3.8) is 0 Å². The molecule has 1 aromatic carbocycles. The molecular weight excluding hydrogens is 246 g/mol. The molecule has 0 atom stereocenters. The Kier molecular flexibility index (Phi) is 5.90. The number of rotatable bonds is 7. The Labute approximate surface area is 123 Å². The van der Waals surface area contributed by atoms with Gasteiger partial charge in [-0.1, -0.05) is 38.0 Å². The Morgan fingerprint density at radius 3 is 2.50 bits per heavy atom. The highest BCUT2D eigenvalue weighted by molar-refractivity contribution is 5.20. The van der Waals surface area contributed by atoms with Gasteiger partial charge in [-0.05, 0) is 62.1 Å². The van der Waals surface area contributed by atoms with Gasteiger partial charge in [0.25, 0.3) is 0 Å². The maximum absolute atomic E-state index is 6.08. The minimum Gasteiger partial charge on any atom is -0.494 e. The molecule has 1 saturated carbocycles. The van der Waals surface area contributed by atoms with E-state index in [1.165, 1.54) is 38.5 Å². The average molecular weight is 275 g/mol. The maximum atomic E-state index is 6.08. The van der Waals surface area contributed by atoms with E-state index in [1.807, 2.05) is 30.3 Å². The second-order valence-electron chi connectivity index (χ2n) is 6.35. The van der Waals surface area contributed by atoms with E-state index in [9.17, 15) is 0 Å². The number of benzene rings is 1. The smallest absolute Gasteiger partial charge is 0.119 e. The van der Waals surface area contributed by atoms with E-state index in [-0.39, 0.29) is 0 Å². The van der Waals surface area contributed by atoms with Crippen molar-refractivity contribution < 1.29 is 4.74 Å². The number of nitrogens with two attached hydrogens (primary N) is 1. The molecule has 1 aliphatic rings. The van der Waals surface area contributed by atoms with Crippen molar-refractivity contribution in [2.45, 2.75) is 51.9 Å². The fourth-order valence-corrected chi connectivity index (χ4v) is 3.45. The van der Waals surface area contributed by atoms with E-state index in [4.69, 9.17) is 10.5 Å². The molecule has 0 heterocycles. The zero-order valence-corrected chi connectivity index (χ0v) is 12.8. The molecule has 0 radical (unpaired) electrons. The van der Waals surface area contributed by atoms with Crippen LogP contribution >= 0.6 is 0 Å². The van der Waals surface area contributed by atoms with E-state index in [1.54, 1.807) is 0 Å². The van der Waals surface area contributed by atoms with Crippen LogP contribution in [0.4, 0.5) is 0 Å². The molecule has 2 N–H and O–H groups in total. The molecule has 1 fully saturated rings. The first-order chi connectivity index (χ1) is 9.78. The standard InChI is InChI=1S/C18H29NO/c1-2-6-16-9-11-18(15-19,12-10-16)13-14-20-17-7-4-3-5-8-17/h3-5,7-8,16H,2,6,9-15,19H2,1H3. The lowest BCUT2D eigenvalue weighted by molar-refractivity contribution is 0.115. The molecule has 1 aliphatic carbocycles. The summed E-state index contributed by atoms with van der Waals surface area (Å²) in [5.41, 5.74) is 6.41. The minimum atomic E-state index is 0.332. The van der Waals surface area contributed by atoms with E-state index in [0.29, 0.717) is 5.41 Å². The molecular formula is C18H29NO. The van der Waals surface area contributed by atoms with E-state index < -0.39 is 0 Å². The summed E-state index contributed by atoms with van der Waals surface area (Å²) < 4.78 is 5.85. The van der Waals surface area contributed by atoms with Crippen LogP contribution in [0.1, 0.15) is 51.9 Å².